The molecule has 0 saturated carbocycles. The van der Waals surface area contributed by atoms with Gasteiger partial charge in [0.25, 0.3) is 0 Å². The van der Waals surface area contributed by atoms with Crippen LogP contribution in [-0.4, -0.2) is 9.38 Å². The van der Waals surface area contributed by atoms with E-state index in [1.807, 2.05) is 0 Å². The van der Waals surface area contributed by atoms with Crippen LogP contribution >= 0.6 is 0 Å². The molecular formula is C5H6N4O. The molecule has 5 nitrogen and oxygen atoms in total. The van der Waals surface area contributed by atoms with E-state index in [0.717, 1.165) is 0 Å². The zero-order chi connectivity index (χ0) is 7.14. The van der Waals surface area contributed by atoms with E-state index >= 15 is 0 Å². The molecule has 0 unspecified atom stereocenters. The fourth-order valence-electron chi connectivity index (χ4n) is 0.870. The van der Waals surface area contributed by atoms with Gasteiger partial charge in [0, 0.05) is 0 Å². The van der Waals surface area contributed by atoms with Crippen LogP contribution in [0.3, 0.4) is 0 Å². The average molecular weight is 138 g/mol. The van der Waals surface area contributed by atoms with E-state index in [4.69, 9.17) is 15.9 Å². The number of nitrogens with two attached hydrogens (primary N) is 2. The Hall–Kier alpha value is -1.65. The molecule has 0 spiro atoms. The second-order valence-corrected chi connectivity index (χ2v) is 1.93. The molecule has 2 aromatic rings. The predicted molar refractivity (Wildman–Crippen MR) is 36.3 cm³/mol. The number of anilines is 2. The van der Waals surface area contributed by atoms with Crippen molar-refractivity contribution in [2.45, 2.75) is 0 Å². The molecule has 0 aromatic carbocycles. The topological polar surface area (TPSA) is 82.5 Å². The third-order valence-corrected chi connectivity index (χ3v) is 1.31. The fraction of sp³-hybridized carbons (Fsp3) is 0. The Kier molecular flexibility index (Phi) is 0.743. The Morgan fingerprint density at radius 2 is 2.30 bits per heavy atom. The van der Waals surface area contributed by atoms with Crippen molar-refractivity contribution in [3.05, 3.63) is 12.5 Å². The number of oxazole rings is 1. The lowest BCUT2D eigenvalue weighted by Gasteiger charge is -1.80. The number of nitrogens with zero attached hydrogens (tertiary/aromatic N) is 2. The lowest BCUT2D eigenvalue weighted by atomic mass is 10.7. The first kappa shape index (κ1) is 5.16. The maximum absolute atomic E-state index is 5.43. The molecule has 2 heterocycles. The van der Waals surface area contributed by atoms with E-state index < -0.39 is 0 Å². The Bertz CT molecular complexity index is 329. The van der Waals surface area contributed by atoms with Gasteiger partial charge in [-0.1, -0.05) is 0 Å². The summed E-state index contributed by atoms with van der Waals surface area (Å²) in [5.41, 5.74) is 11.3. The third kappa shape index (κ3) is 0.439. The molecule has 5 heteroatoms. The van der Waals surface area contributed by atoms with E-state index in [2.05, 4.69) is 4.98 Å². The fourth-order valence-corrected chi connectivity index (χ4v) is 0.870. The van der Waals surface area contributed by atoms with Gasteiger partial charge in [-0.15, -0.1) is 0 Å². The van der Waals surface area contributed by atoms with Crippen molar-refractivity contribution in [2.75, 3.05) is 11.5 Å². The molecule has 0 atom stereocenters. The van der Waals surface area contributed by atoms with Crippen molar-refractivity contribution in [2.24, 2.45) is 0 Å². The van der Waals surface area contributed by atoms with Crippen LogP contribution in [0, 0.1) is 0 Å². The maximum Gasteiger partial charge on any atom is 0.249 e. The minimum atomic E-state index is 0.322. The molecule has 0 bridgehead atoms. The zero-order valence-electron chi connectivity index (χ0n) is 5.11. The lowest BCUT2D eigenvalue weighted by Crippen LogP contribution is -1.90. The van der Waals surface area contributed by atoms with Crippen LogP contribution in [-0.2, 0) is 0 Å². The molecule has 0 saturated heterocycles. The van der Waals surface area contributed by atoms with Crippen LogP contribution in [0.2, 0.25) is 0 Å². The van der Waals surface area contributed by atoms with Crippen molar-refractivity contribution in [3.8, 4) is 0 Å². The first-order chi connectivity index (χ1) is 4.79. The summed E-state index contributed by atoms with van der Waals surface area (Å²) in [5.74, 6) is 0.670. The number of aromatic nitrogens is 2. The van der Waals surface area contributed by atoms with Gasteiger partial charge >= 0.3 is 0 Å². The summed E-state index contributed by atoms with van der Waals surface area (Å²) in [4.78, 5) is 3.77. The standard InChI is InChI=1S/C5H6N4O/c6-3-4-9(1-2-10-4)5(7)8-3/h1-2H,6H2,(H2,7,8). The maximum atomic E-state index is 5.43. The van der Waals surface area contributed by atoms with Gasteiger partial charge < -0.3 is 15.9 Å². The van der Waals surface area contributed by atoms with Crippen LogP contribution < -0.4 is 11.5 Å². The molecule has 0 aliphatic rings. The minimum Gasteiger partial charge on any atom is -0.443 e. The van der Waals surface area contributed by atoms with Crippen LogP contribution in [0.1, 0.15) is 0 Å². The Balaban J connectivity index is 2.98. The molecule has 0 amide bonds. The lowest BCUT2D eigenvalue weighted by molar-refractivity contribution is 0.610. The number of imidazole rings is 1. The molecule has 0 radical (unpaired) electrons. The Morgan fingerprint density at radius 1 is 1.50 bits per heavy atom. The number of hydrogen-bond donors (Lipinski definition) is 2. The molecule has 10 heavy (non-hydrogen) atoms. The van der Waals surface area contributed by atoms with Gasteiger partial charge in [0.1, 0.15) is 6.26 Å². The molecule has 0 aliphatic heterocycles. The summed E-state index contributed by atoms with van der Waals surface area (Å²) in [7, 11) is 0. The average Bonchev–Trinajstić information content (AvgIpc) is 2.39. The van der Waals surface area contributed by atoms with Crippen LogP contribution in [0.25, 0.3) is 5.71 Å². The normalized spacial score (nSPS) is 10.8. The summed E-state index contributed by atoms with van der Waals surface area (Å²) >= 11 is 0. The van der Waals surface area contributed by atoms with Crippen molar-refractivity contribution in [3.63, 3.8) is 0 Å². The molecular weight excluding hydrogens is 132 g/mol. The third-order valence-electron chi connectivity index (χ3n) is 1.31. The quantitative estimate of drug-likeness (QED) is 0.540. The van der Waals surface area contributed by atoms with Crippen LogP contribution in [0.5, 0.6) is 0 Å². The predicted octanol–water partition coefficient (Wildman–Crippen LogP) is 0.0917. The minimum absolute atomic E-state index is 0.322. The number of fused-ring (bicyclic) bond motifs is 1. The van der Waals surface area contributed by atoms with Gasteiger partial charge in [-0.05, 0) is 0 Å². The summed E-state index contributed by atoms with van der Waals surface area (Å²) in [6, 6.07) is 0. The van der Waals surface area contributed by atoms with E-state index in [-0.39, 0.29) is 0 Å². The number of nitrogen functional groups attached to an aromatic ring is 2. The largest absolute Gasteiger partial charge is 0.443 e. The second-order valence-electron chi connectivity index (χ2n) is 1.93. The van der Waals surface area contributed by atoms with Gasteiger partial charge in [-0.3, -0.25) is 4.40 Å². The molecule has 4 N–H and O–H groups in total. The second kappa shape index (κ2) is 1.44. The van der Waals surface area contributed by atoms with Crippen molar-refractivity contribution in [1.29, 1.82) is 0 Å². The van der Waals surface area contributed by atoms with Crippen LogP contribution in [0.15, 0.2) is 16.9 Å². The van der Waals surface area contributed by atoms with E-state index in [1.165, 1.54) is 6.26 Å². The highest BCUT2D eigenvalue weighted by Crippen LogP contribution is 2.15. The molecule has 0 fully saturated rings. The van der Waals surface area contributed by atoms with Gasteiger partial charge in [-0.25, -0.2) is 0 Å². The van der Waals surface area contributed by atoms with E-state index in [9.17, 15) is 0 Å². The first-order valence-corrected chi connectivity index (χ1v) is 2.75. The summed E-state index contributed by atoms with van der Waals surface area (Å²) < 4.78 is 6.54. The SMILES string of the molecule is Nc1nc(N)n2ccoc12. The first-order valence-electron chi connectivity index (χ1n) is 2.75. The number of rotatable bonds is 0. The van der Waals surface area contributed by atoms with E-state index in [0.29, 0.717) is 17.5 Å². The van der Waals surface area contributed by atoms with Crippen molar-refractivity contribution >= 4 is 17.5 Å². The zero-order valence-corrected chi connectivity index (χ0v) is 5.11. The smallest absolute Gasteiger partial charge is 0.249 e. The highest BCUT2D eigenvalue weighted by Gasteiger charge is 2.06. The van der Waals surface area contributed by atoms with Crippen molar-refractivity contribution in [1.82, 2.24) is 9.38 Å². The Labute approximate surface area is 56.2 Å². The van der Waals surface area contributed by atoms with Crippen LogP contribution in [0.4, 0.5) is 11.8 Å². The van der Waals surface area contributed by atoms with Gasteiger partial charge in [0.2, 0.25) is 11.7 Å². The van der Waals surface area contributed by atoms with Gasteiger partial charge in [0.05, 0.1) is 6.20 Å². The number of hydrogen-bond acceptors (Lipinski definition) is 4. The molecule has 2 aromatic heterocycles. The summed E-state index contributed by atoms with van der Waals surface area (Å²) in [5, 5.41) is 0. The Morgan fingerprint density at radius 3 is 3.00 bits per heavy atom. The molecule has 0 aliphatic carbocycles. The van der Waals surface area contributed by atoms with Gasteiger partial charge in [-0.2, -0.15) is 4.98 Å². The van der Waals surface area contributed by atoms with Crippen molar-refractivity contribution < 1.29 is 4.42 Å². The highest BCUT2D eigenvalue weighted by atomic mass is 16.3. The van der Waals surface area contributed by atoms with Gasteiger partial charge in [0.15, 0.2) is 5.82 Å². The summed E-state index contributed by atoms with van der Waals surface area (Å²) in [6.45, 7) is 0. The molecule has 2 rings (SSSR count). The summed E-state index contributed by atoms with van der Waals surface area (Å²) in [6.07, 6.45) is 3.16. The monoisotopic (exact) mass is 138 g/mol. The highest BCUT2D eigenvalue weighted by molar-refractivity contribution is 5.62. The van der Waals surface area contributed by atoms with E-state index in [1.54, 1.807) is 10.6 Å². The molecule has 52 valence electrons.